The predicted octanol–water partition coefficient (Wildman–Crippen LogP) is 4.07. The number of morpholine rings is 1. The first-order valence-electron chi connectivity index (χ1n) is 11.8. The zero-order valence-electron chi connectivity index (χ0n) is 18.1. The molecule has 0 aromatic carbocycles. The molecule has 0 unspecified atom stereocenters. The van der Waals surface area contributed by atoms with E-state index in [1.807, 2.05) is 6.20 Å². The molecule has 1 saturated carbocycles. The normalized spacial score (nSPS) is 19.7. The van der Waals surface area contributed by atoms with Crippen LogP contribution in [0.25, 0.3) is 10.9 Å². The van der Waals surface area contributed by atoms with Gasteiger partial charge in [0, 0.05) is 31.1 Å². The number of nitrogens with zero attached hydrogens (tertiary/aromatic N) is 4. The van der Waals surface area contributed by atoms with E-state index in [9.17, 15) is 0 Å². The van der Waals surface area contributed by atoms with Crippen molar-refractivity contribution >= 4 is 22.5 Å². The maximum atomic E-state index is 5.42. The minimum atomic E-state index is 0.499. The van der Waals surface area contributed by atoms with Gasteiger partial charge in [-0.15, -0.1) is 0 Å². The Morgan fingerprint density at radius 2 is 1.73 bits per heavy atom. The molecule has 0 amide bonds. The first kappa shape index (κ1) is 21.2. The monoisotopic (exact) mass is 412 g/mol. The van der Waals surface area contributed by atoms with Gasteiger partial charge >= 0.3 is 0 Å². The lowest BCUT2D eigenvalue weighted by Gasteiger charge is -2.26. The van der Waals surface area contributed by atoms with Gasteiger partial charge in [0.05, 0.1) is 24.9 Å². The Labute approximate surface area is 180 Å². The molecule has 2 fully saturated rings. The Bertz CT molecular complexity index is 769. The lowest BCUT2D eigenvalue weighted by atomic mass is 10.0. The van der Waals surface area contributed by atoms with Gasteiger partial charge in [-0.2, -0.15) is 0 Å². The average Bonchev–Trinajstić information content (AvgIpc) is 2.92. The zero-order chi connectivity index (χ0) is 20.4. The molecule has 4 rings (SSSR count). The molecule has 164 valence electrons. The molecule has 2 N–H and O–H groups in total. The van der Waals surface area contributed by atoms with Crippen molar-refractivity contribution in [3.63, 3.8) is 0 Å². The van der Waals surface area contributed by atoms with Gasteiger partial charge in [0.1, 0.15) is 18.0 Å². The molecule has 0 atom stereocenters. The SMILES string of the molecule is c1nc(NC2CCCCCCCC2)c2cc(NCCCN3CCOCC3)ncc2n1. The van der Waals surface area contributed by atoms with Crippen molar-refractivity contribution in [1.82, 2.24) is 19.9 Å². The van der Waals surface area contributed by atoms with E-state index >= 15 is 0 Å². The highest BCUT2D eigenvalue weighted by Gasteiger charge is 2.14. The first-order chi connectivity index (χ1) is 14.9. The molecule has 1 aliphatic carbocycles. The van der Waals surface area contributed by atoms with Crippen LogP contribution < -0.4 is 10.6 Å². The third kappa shape index (κ3) is 6.25. The summed E-state index contributed by atoms with van der Waals surface area (Å²) in [7, 11) is 0. The third-order valence-electron chi connectivity index (χ3n) is 6.28. The lowest BCUT2D eigenvalue weighted by Crippen LogP contribution is -2.37. The van der Waals surface area contributed by atoms with Gasteiger partial charge in [-0.05, 0) is 31.9 Å². The standard InChI is InChI=1S/C23H36N6O/c1-2-4-6-9-19(8-5-3-1)28-23-20-16-22(25-17-21(20)26-18-27-23)24-10-7-11-29-12-14-30-15-13-29/h16-19H,1-15H2,(H,24,25)(H,26,27,28). The van der Waals surface area contributed by atoms with Gasteiger partial charge in [-0.25, -0.2) is 15.0 Å². The van der Waals surface area contributed by atoms with Crippen LogP contribution in [0.5, 0.6) is 0 Å². The quantitative estimate of drug-likeness (QED) is 0.664. The predicted molar refractivity (Wildman–Crippen MR) is 122 cm³/mol. The average molecular weight is 413 g/mol. The Morgan fingerprint density at radius 1 is 0.967 bits per heavy atom. The molecule has 2 aromatic rings. The minimum absolute atomic E-state index is 0.499. The molecular weight excluding hydrogens is 376 g/mol. The van der Waals surface area contributed by atoms with E-state index in [1.165, 1.54) is 51.4 Å². The summed E-state index contributed by atoms with van der Waals surface area (Å²) in [5, 5.41) is 8.27. The van der Waals surface area contributed by atoms with Crippen LogP contribution in [-0.4, -0.2) is 65.3 Å². The second-order valence-electron chi connectivity index (χ2n) is 8.58. The highest BCUT2D eigenvalue weighted by atomic mass is 16.5. The van der Waals surface area contributed by atoms with Gasteiger partial charge < -0.3 is 15.4 Å². The second kappa shape index (κ2) is 11.4. The number of aromatic nitrogens is 3. The molecule has 7 nitrogen and oxygen atoms in total. The van der Waals surface area contributed by atoms with Crippen molar-refractivity contribution in [2.45, 2.75) is 63.8 Å². The Morgan fingerprint density at radius 3 is 2.53 bits per heavy atom. The molecule has 2 aromatic heterocycles. The summed E-state index contributed by atoms with van der Waals surface area (Å²) in [5.41, 5.74) is 0.898. The zero-order valence-corrected chi connectivity index (χ0v) is 18.1. The number of anilines is 2. The highest BCUT2D eigenvalue weighted by molar-refractivity contribution is 5.90. The van der Waals surface area contributed by atoms with Crippen molar-refractivity contribution in [1.29, 1.82) is 0 Å². The van der Waals surface area contributed by atoms with Crippen molar-refractivity contribution in [2.75, 3.05) is 50.0 Å². The van der Waals surface area contributed by atoms with E-state index in [-0.39, 0.29) is 0 Å². The number of hydrogen-bond donors (Lipinski definition) is 2. The topological polar surface area (TPSA) is 75.2 Å². The summed E-state index contributed by atoms with van der Waals surface area (Å²) in [6.07, 6.45) is 15.1. The van der Waals surface area contributed by atoms with E-state index in [2.05, 4.69) is 36.6 Å². The van der Waals surface area contributed by atoms with Crippen molar-refractivity contribution in [2.24, 2.45) is 0 Å². The van der Waals surface area contributed by atoms with E-state index in [4.69, 9.17) is 4.74 Å². The Kier molecular flexibility index (Phi) is 8.09. The number of rotatable bonds is 7. The van der Waals surface area contributed by atoms with E-state index in [0.717, 1.165) is 68.4 Å². The van der Waals surface area contributed by atoms with Crippen LogP contribution in [0, 0.1) is 0 Å². The van der Waals surface area contributed by atoms with Crippen LogP contribution in [0.1, 0.15) is 57.8 Å². The molecule has 1 saturated heterocycles. The highest BCUT2D eigenvalue weighted by Crippen LogP contribution is 2.25. The number of fused-ring (bicyclic) bond motifs is 1. The summed E-state index contributed by atoms with van der Waals surface area (Å²) in [6.45, 7) is 5.81. The molecule has 3 heterocycles. The van der Waals surface area contributed by atoms with Gasteiger partial charge in [0.15, 0.2) is 0 Å². The fourth-order valence-electron chi connectivity index (χ4n) is 4.49. The van der Waals surface area contributed by atoms with Crippen LogP contribution in [-0.2, 0) is 4.74 Å². The minimum Gasteiger partial charge on any atom is -0.379 e. The van der Waals surface area contributed by atoms with Crippen LogP contribution >= 0.6 is 0 Å². The molecule has 0 spiro atoms. The van der Waals surface area contributed by atoms with Gasteiger partial charge in [0.25, 0.3) is 0 Å². The van der Waals surface area contributed by atoms with E-state index < -0.39 is 0 Å². The number of ether oxygens (including phenoxy) is 1. The molecule has 30 heavy (non-hydrogen) atoms. The van der Waals surface area contributed by atoms with Crippen LogP contribution in [0.3, 0.4) is 0 Å². The maximum Gasteiger partial charge on any atom is 0.137 e. The van der Waals surface area contributed by atoms with Crippen LogP contribution in [0.2, 0.25) is 0 Å². The van der Waals surface area contributed by atoms with Gasteiger partial charge in [0.2, 0.25) is 0 Å². The molecule has 0 radical (unpaired) electrons. The molecule has 7 heteroatoms. The summed E-state index contributed by atoms with van der Waals surface area (Å²) in [5.74, 6) is 1.85. The van der Waals surface area contributed by atoms with E-state index in [1.54, 1.807) is 6.33 Å². The fraction of sp³-hybridized carbons (Fsp3) is 0.696. The Hall–Kier alpha value is -1.99. The summed E-state index contributed by atoms with van der Waals surface area (Å²) in [4.78, 5) is 16.0. The maximum absolute atomic E-state index is 5.42. The van der Waals surface area contributed by atoms with Crippen LogP contribution in [0.15, 0.2) is 18.6 Å². The smallest absolute Gasteiger partial charge is 0.137 e. The molecule has 2 aliphatic rings. The summed E-state index contributed by atoms with van der Waals surface area (Å²) in [6, 6.07) is 2.60. The number of hydrogen-bond acceptors (Lipinski definition) is 7. The molecule has 1 aliphatic heterocycles. The van der Waals surface area contributed by atoms with Crippen molar-refractivity contribution < 1.29 is 4.74 Å². The first-order valence-corrected chi connectivity index (χ1v) is 11.8. The second-order valence-corrected chi connectivity index (χ2v) is 8.58. The lowest BCUT2D eigenvalue weighted by molar-refractivity contribution is 0.0378. The van der Waals surface area contributed by atoms with Crippen molar-refractivity contribution in [3.05, 3.63) is 18.6 Å². The van der Waals surface area contributed by atoms with E-state index in [0.29, 0.717) is 6.04 Å². The fourth-order valence-corrected chi connectivity index (χ4v) is 4.49. The summed E-state index contributed by atoms with van der Waals surface area (Å²) < 4.78 is 5.42. The largest absolute Gasteiger partial charge is 0.379 e. The Balaban J connectivity index is 1.36. The number of nitrogens with one attached hydrogen (secondary N) is 2. The number of pyridine rings is 1. The summed E-state index contributed by atoms with van der Waals surface area (Å²) >= 11 is 0. The molecule has 0 bridgehead atoms. The van der Waals surface area contributed by atoms with Gasteiger partial charge in [-0.1, -0.05) is 38.5 Å². The van der Waals surface area contributed by atoms with Crippen LogP contribution in [0.4, 0.5) is 11.6 Å². The van der Waals surface area contributed by atoms with Crippen molar-refractivity contribution in [3.8, 4) is 0 Å². The third-order valence-corrected chi connectivity index (χ3v) is 6.28. The molecular formula is C23H36N6O. The van der Waals surface area contributed by atoms with Gasteiger partial charge in [-0.3, -0.25) is 4.90 Å².